The molecule has 0 fully saturated rings. The Bertz CT molecular complexity index is 561. The van der Waals surface area contributed by atoms with Gasteiger partial charge in [-0.05, 0) is 36.4 Å². The summed E-state index contributed by atoms with van der Waals surface area (Å²) >= 11 is 13.7. The Morgan fingerprint density at radius 1 is 1.26 bits per heavy atom. The Morgan fingerprint density at radius 3 is 2.84 bits per heavy atom. The molecule has 0 amide bonds. The molecule has 0 aliphatic carbocycles. The molecule has 0 unspecified atom stereocenters. The van der Waals surface area contributed by atoms with E-state index in [0.717, 1.165) is 28.0 Å². The number of benzene rings is 1. The number of hydrogen-bond donors (Lipinski definition) is 1. The van der Waals surface area contributed by atoms with Crippen LogP contribution in [0.5, 0.6) is 0 Å². The minimum atomic E-state index is 0.655. The Balaban J connectivity index is 2.27. The highest BCUT2D eigenvalue weighted by Crippen LogP contribution is 2.34. The molecule has 1 heterocycles. The molecule has 5 heteroatoms. The summed E-state index contributed by atoms with van der Waals surface area (Å²) in [6.45, 7) is 3.82. The summed E-state index contributed by atoms with van der Waals surface area (Å²) in [5.74, 6) is 0. The van der Waals surface area contributed by atoms with Crippen LogP contribution in [0.1, 0.15) is 12.5 Å². The maximum Gasteiger partial charge on any atom is 0.119 e. The van der Waals surface area contributed by atoms with E-state index in [1.165, 1.54) is 17.3 Å². The predicted molar refractivity (Wildman–Crippen MR) is 82.2 cm³/mol. The van der Waals surface area contributed by atoms with Gasteiger partial charge in [0.1, 0.15) is 5.03 Å². The van der Waals surface area contributed by atoms with Gasteiger partial charge in [0.2, 0.25) is 0 Å². The van der Waals surface area contributed by atoms with Gasteiger partial charge in [-0.3, -0.25) is 0 Å². The van der Waals surface area contributed by atoms with E-state index in [9.17, 15) is 0 Å². The van der Waals surface area contributed by atoms with Crippen LogP contribution in [0.25, 0.3) is 0 Å². The fourth-order valence-corrected chi connectivity index (χ4v) is 3.00. The molecule has 2 aromatic rings. The average molecular weight is 313 g/mol. The maximum absolute atomic E-state index is 6.14. The highest BCUT2D eigenvalue weighted by Gasteiger charge is 2.08. The predicted octanol–water partition coefficient (Wildman–Crippen LogP) is 4.65. The lowest BCUT2D eigenvalue weighted by Gasteiger charge is -2.10. The Labute approximate surface area is 127 Å². The van der Waals surface area contributed by atoms with E-state index in [4.69, 9.17) is 23.2 Å². The zero-order chi connectivity index (χ0) is 13.7. The number of aromatic nitrogens is 1. The lowest BCUT2D eigenvalue weighted by Crippen LogP contribution is -2.12. The summed E-state index contributed by atoms with van der Waals surface area (Å²) < 4.78 is 0. The van der Waals surface area contributed by atoms with Gasteiger partial charge >= 0.3 is 0 Å². The summed E-state index contributed by atoms with van der Waals surface area (Å²) in [6, 6.07) is 9.54. The van der Waals surface area contributed by atoms with Gasteiger partial charge in [0, 0.05) is 22.7 Å². The molecule has 0 saturated carbocycles. The molecule has 1 aromatic heterocycles. The fourth-order valence-electron chi connectivity index (χ4n) is 1.58. The van der Waals surface area contributed by atoms with Crippen molar-refractivity contribution in [2.24, 2.45) is 0 Å². The molecule has 100 valence electrons. The molecule has 0 saturated heterocycles. The third-order valence-electron chi connectivity index (χ3n) is 2.53. The molecule has 0 aliphatic heterocycles. The van der Waals surface area contributed by atoms with E-state index in [1.807, 2.05) is 30.3 Å². The molecule has 1 aromatic carbocycles. The van der Waals surface area contributed by atoms with Gasteiger partial charge in [0.05, 0.1) is 5.02 Å². The monoisotopic (exact) mass is 312 g/mol. The van der Waals surface area contributed by atoms with Gasteiger partial charge in [-0.1, -0.05) is 48.0 Å². The molecular weight excluding hydrogens is 299 g/mol. The number of pyridine rings is 1. The van der Waals surface area contributed by atoms with Gasteiger partial charge in [0.15, 0.2) is 0 Å². The minimum Gasteiger partial charge on any atom is -0.313 e. The second-order valence-electron chi connectivity index (χ2n) is 3.92. The summed E-state index contributed by atoms with van der Waals surface area (Å²) in [4.78, 5) is 5.37. The number of halogens is 2. The Morgan fingerprint density at radius 2 is 2.11 bits per heavy atom. The smallest absolute Gasteiger partial charge is 0.119 e. The molecule has 2 nitrogen and oxygen atoms in total. The van der Waals surface area contributed by atoms with Gasteiger partial charge < -0.3 is 5.32 Å². The molecule has 0 aliphatic rings. The van der Waals surface area contributed by atoms with Crippen LogP contribution in [0.2, 0.25) is 10.0 Å². The molecule has 0 radical (unpaired) electrons. The summed E-state index contributed by atoms with van der Waals surface area (Å²) in [6.07, 6.45) is 1.74. The van der Waals surface area contributed by atoms with Crippen molar-refractivity contribution < 1.29 is 0 Å². The molecule has 0 atom stereocenters. The summed E-state index contributed by atoms with van der Waals surface area (Å²) in [5.41, 5.74) is 1.19. The molecule has 19 heavy (non-hydrogen) atoms. The number of nitrogens with one attached hydrogen (secondary N) is 1. The van der Waals surface area contributed by atoms with E-state index in [1.54, 1.807) is 6.20 Å². The quantitative estimate of drug-likeness (QED) is 0.870. The van der Waals surface area contributed by atoms with Gasteiger partial charge in [-0.2, -0.15) is 0 Å². The van der Waals surface area contributed by atoms with Crippen LogP contribution in [-0.2, 0) is 6.54 Å². The minimum absolute atomic E-state index is 0.655. The molecular formula is C14H14Cl2N2S. The average Bonchev–Trinajstić information content (AvgIpc) is 2.40. The van der Waals surface area contributed by atoms with Crippen molar-refractivity contribution in [1.29, 1.82) is 0 Å². The zero-order valence-electron chi connectivity index (χ0n) is 10.5. The molecule has 2 rings (SSSR count). The van der Waals surface area contributed by atoms with Crippen LogP contribution < -0.4 is 5.32 Å². The summed E-state index contributed by atoms with van der Waals surface area (Å²) in [5, 5.41) is 5.48. The number of nitrogens with zero attached hydrogens (tertiary/aromatic N) is 1. The zero-order valence-corrected chi connectivity index (χ0v) is 12.8. The van der Waals surface area contributed by atoms with Crippen LogP contribution in [0.15, 0.2) is 46.5 Å². The van der Waals surface area contributed by atoms with Crippen molar-refractivity contribution >= 4 is 35.0 Å². The van der Waals surface area contributed by atoms with E-state index >= 15 is 0 Å². The topological polar surface area (TPSA) is 24.9 Å². The highest BCUT2D eigenvalue weighted by atomic mass is 35.5. The normalized spacial score (nSPS) is 10.7. The lowest BCUT2D eigenvalue weighted by atomic mass is 10.2. The first kappa shape index (κ1) is 14.7. The maximum atomic E-state index is 6.14. The van der Waals surface area contributed by atoms with Crippen molar-refractivity contribution in [3.05, 3.63) is 52.1 Å². The van der Waals surface area contributed by atoms with Crippen molar-refractivity contribution in [2.45, 2.75) is 23.4 Å². The van der Waals surface area contributed by atoms with Crippen molar-refractivity contribution in [1.82, 2.24) is 10.3 Å². The van der Waals surface area contributed by atoms with Crippen molar-refractivity contribution in [3.63, 3.8) is 0 Å². The van der Waals surface area contributed by atoms with Crippen LogP contribution in [-0.4, -0.2) is 11.5 Å². The Hall–Kier alpha value is -0.740. The lowest BCUT2D eigenvalue weighted by molar-refractivity contribution is 0.718. The van der Waals surface area contributed by atoms with Crippen LogP contribution >= 0.6 is 35.0 Å². The van der Waals surface area contributed by atoms with Crippen LogP contribution in [0.4, 0.5) is 0 Å². The van der Waals surface area contributed by atoms with Gasteiger partial charge in [0.25, 0.3) is 0 Å². The third kappa shape index (κ3) is 4.11. The third-order valence-corrected chi connectivity index (χ3v) is 4.30. The van der Waals surface area contributed by atoms with Crippen molar-refractivity contribution in [3.8, 4) is 0 Å². The van der Waals surface area contributed by atoms with Gasteiger partial charge in [-0.15, -0.1) is 0 Å². The van der Waals surface area contributed by atoms with Crippen LogP contribution in [0.3, 0.4) is 0 Å². The second-order valence-corrected chi connectivity index (χ2v) is 5.80. The largest absolute Gasteiger partial charge is 0.313 e. The van der Waals surface area contributed by atoms with E-state index in [0.29, 0.717) is 5.02 Å². The number of rotatable bonds is 5. The highest BCUT2D eigenvalue weighted by molar-refractivity contribution is 7.99. The second kappa shape index (κ2) is 7.15. The molecule has 0 spiro atoms. The van der Waals surface area contributed by atoms with E-state index in [-0.39, 0.29) is 0 Å². The number of hydrogen-bond acceptors (Lipinski definition) is 3. The van der Waals surface area contributed by atoms with E-state index in [2.05, 4.69) is 17.2 Å². The summed E-state index contributed by atoms with van der Waals surface area (Å²) in [7, 11) is 0. The first-order valence-electron chi connectivity index (χ1n) is 5.98. The molecule has 0 bridgehead atoms. The molecule has 1 N–H and O–H groups in total. The van der Waals surface area contributed by atoms with Gasteiger partial charge in [-0.25, -0.2) is 4.98 Å². The SMILES string of the molecule is CCNCc1ccc(Cl)cc1Sc1ncccc1Cl. The first-order valence-corrected chi connectivity index (χ1v) is 7.55. The van der Waals surface area contributed by atoms with Crippen LogP contribution in [0, 0.1) is 0 Å². The van der Waals surface area contributed by atoms with E-state index < -0.39 is 0 Å². The standard InChI is InChI=1S/C14H14Cl2N2S/c1-2-17-9-10-5-6-11(15)8-13(10)19-14-12(16)4-3-7-18-14/h3-8,17H,2,9H2,1H3. The first-order chi connectivity index (χ1) is 9.20. The Kier molecular flexibility index (Phi) is 5.52. The fraction of sp³-hybridized carbons (Fsp3) is 0.214. The van der Waals surface area contributed by atoms with Crippen molar-refractivity contribution in [2.75, 3.05) is 6.54 Å².